The Labute approximate surface area is 139 Å². The summed E-state index contributed by atoms with van der Waals surface area (Å²) in [6.07, 6.45) is -0.412. The molecule has 0 saturated heterocycles. The molecule has 9 heteroatoms. The minimum atomic E-state index is -1.17. The zero-order valence-electron chi connectivity index (χ0n) is 13.5. The van der Waals surface area contributed by atoms with Crippen LogP contribution in [0.4, 0.5) is 0 Å². The Kier molecular flexibility index (Phi) is 10.0. The summed E-state index contributed by atoms with van der Waals surface area (Å²) in [6.45, 7) is 5.14. The smallest absolute Gasteiger partial charge is 0.327 e. The van der Waals surface area contributed by atoms with Crippen molar-refractivity contribution in [2.45, 2.75) is 45.7 Å². The molecule has 8 nitrogen and oxygen atoms in total. The van der Waals surface area contributed by atoms with Crippen molar-refractivity contribution in [1.82, 2.24) is 10.6 Å². The molecule has 0 aliphatic rings. The lowest BCUT2D eigenvalue weighted by atomic mass is 10.1. The average Bonchev–Trinajstić information content (AvgIpc) is 2.46. The molecule has 0 aromatic rings. The molecule has 0 unspecified atom stereocenters. The normalized spacial score (nSPS) is 13.2. The summed E-state index contributed by atoms with van der Waals surface area (Å²) in [5.74, 6) is -2.84. The van der Waals surface area contributed by atoms with E-state index in [4.69, 9.17) is 10.2 Å². The summed E-state index contributed by atoms with van der Waals surface area (Å²) in [6, 6.07) is -2.16. The molecule has 0 heterocycles. The molecule has 0 fully saturated rings. The molecule has 0 aromatic carbocycles. The molecule has 0 spiro atoms. The first-order valence-electron chi connectivity index (χ1n) is 7.32. The average molecular weight is 348 g/mol. The van der Waals surface area contributed by atoms with E-state index in [2.05, 4.69) is 10.6 Å². The monoisotopic (exact) mass is 348 g/mol. The fraction of sp³-hybridized carbons (Fsp3) is 0.714. The highest BCUT2D eigenvalue weighted by molar-refractivity contribution is 7.99. The molecule has 4 N–H and O–H groups in total. The van der Waals surface area contributed by atoms with E-state index in [0.717, 1.165) is 0 Å². The maximum absolute atomic E-state index is 12.2. The summed E-state index contributed by atoms with van der Waals surface area (Å²) in [5, 5.41) is 22.7. The van der Waals surface area contributed by atoms with Gasteiger partial charge in [-0.1, -0.05) is 20.8 Å². The molecule has 2 amide bonds. The van der Waals surface area contributed by atoms with Crippen molar-refractivity contribution in [3.63, 3.8) is 0 Å². The number of nitrogens with one attached hydrogen (secondary N) is 2. The molecule has 0 saturated carbocycles. The molecule has 0 aromatic heterocycles. The molecule has 0 aliphatic carbocycles. The number of carboxylic acids is 2. The van der Waals surface area contributed by atoms with E-state index in [1.165, 1.54) is 11.8 Å². The van der Waals surface area contributed by atoms with Gasteiger partial charge in [0.1, 0.15) is 12.1 Å². The zero-order chi connectivity index (χ0) is 18.0. The number of carboxylic acid groups (broad SMARTS) is 2. The van der Waals surface area contributed by atoms with Crippen LogP contribution in [0.5, 0.6) is 0 Å². The number of carbonyl (C=O) groups excluding carboxylic acids is 2. The Morgan fingerprint density at radius 3 is 2.00 bits per heavy atom. The molecular formula is C14H24N2O6S. The first-order valence-corrected chi connectivity index (χ1v) is 8.47. The largest absolute Gasteiger partial charge is 0.481 e. The summed E-state index contributed by atoms with van der Waals surface area (Å²) < 4.78 is 0. The van der Waals surface area contributed by atoms with Crippen LogP contribution in [0, 0.1) is 5.92 Å². The molecule has 0 bridgehead atoms. The summed E-state index contributed by atoms with van der Waals surface area (Å²) in [4.78, 5) is 45.8. The summed E-state index contributed by atoms with van der Waals surface area (Å²) in [5.41, 5.74) is 0. The van der Waals surface area contributed by atoms with Crippen molar-refractivity contribution in [3.8, 4) is 0 Å². The lowest BCUT2D eigenvalue weighted by Crippen LogP contribution is -2.53. The van der Waals surface area contributed by atoms with Crippen LogP contribution in [0.1, 0.15) is 33.6 Å². The number of carbonyl (C=O) groups is 4. The third-order valence-electron chi connectivity index (χ3n) is 2.91. The topological polar surface area (TPSA) is 133 Å². The number of thioether (sulfide) groups is 1. The summed E-state index contributed by atoms with van der Waals surface area (Å²) >= 11 is 1.36. The van der Waals surface area contributed by atoms with Gasteiger partial charge in [-0.2, -0.15) is 11.8 Å². The Bertz CT molecular complexity index is 441. The second-order valence-electron chi connectivity index (χ2n) is 5.21. The quantitative estimate of drug-likeness (QED) is 0.422. The Morgan fingerprint density at radius 2 is 1.57 bits per heavy atom. The minimum Gasteiger partial charge on any atom is -0.481 e. The molecule has 0 aliphatic heterocycles. The highest BCUT2D eigenvalue weighted by Gasteiger charge is 2.27. The van der Waals surface area contributed by atoms with Crippen LogP contribution in [-0.2, 0) is 19.2 Å². The van der Waals surface area contributed by atoms with E-state index in [0.29, 0.717) is 5.75 Å². The van der Waals surface area contributed by atoms with Gasteiger partial charge in [-0.05, 0) is 12.2 Å². The first kappa shape index (κ1) is 21.2. The van der Waals surface area contributed by atoms with Crippen LogP contribution < -0.4 is 10.6 Å². The van der Waals surface area contributed by atoms with Crippen molar-refractivity contribution in [1.29, 1.82) is 0 Å². The third-order valence-corrected chi connectivity index (χ3v) is 3.88. The minimum absolute atomic E-state index is 0.104. The van der Waals surface area contributed by atoms with Crippen LogP contribution in [0.15, 0.2) is 0 Å². The Hall–Kier alpha value is -1.77. The van der Waals surface area contributed by atoms with Crippen LogP contribution in [0.3, 0.4) is 0 Å². The molecule has 2 atom stereocenters. The van der Waals surface area contributed by atoms with Gasteiger partial charge in [0.2, 0.25) is 11.8 Å². The van der Waals surface area contributed by atoms with E-state index in [1.807, 2.05) is 6.92 Å². The predicted molar refractivity (Wildman–Crippen MR) is 86.2 cm³/mol. The van der Waals surface area contributed by atoms with Crippen molar-refractivity contribution in [2.75, 3.05) is 11.5 Å². The number of aliphatic carboxylic acids is 2. The van der Waals surface area contributed by atoms with Gasteiger partial charge >= 0.3 is 11.9 Å². The first-order chi connectivity index (χ1) is 10.7. The van der Waals surface area contributed by atoms with Gasteiger partial charge in [-0.3, -0.25) is 14.4 Å². The number of hydrogen-bond donors (Lipinski definition) is 4. The van der Waals surface area contributed by atoms with Crippen molar-refractivity contribution >= 4 is 35.5 Å². The van der Waals surface area contributed by atoms with Gasteiger partial charge in [-0.15, -0.1) is 0 Å². The molecule has 0 rings (SSSR count). The second kappa shape index (κ2) is 10.9. The fourth-order valence-corrected chi connectivity index (χ4v) is 2.26. The number of rotatable bonds is 11. The number of amides is 2. The molecular weight excluding hydrogens is 324 g/mol. The van der Waals surface area contributed by atoms with E-state index >= 15 is 0 Å². The Morgan fingerprint density at radius 1 is 1.00 bits per heavy atom. The standard InChI is InChI=1S/C14H24N2O6S/c1-4-23-7-10(14(21)22)16-13(20)9(5-6-11(17)18)15-12(19)8(2)3/h8-10H,4-7H2,1-3H3,(H,15,19)(H,16,20)(H,17,18)(H,21,22)/t9-,10-/m0/s1. The fourth-order valence-electron chi connectivity index (χ4n) is 1.56. The van der Waals surface area contributed by atoms with Crippen LogP contribution in [0.2, 0.25) is 0 Å². The molecule has 0 radical (unpaired) electrons. The zero-order valence-corrected chi connectivity index (χ0v) is 14.3. The van der Waals surface area contributed by atoms with E-state index in [1.54, 1.807) is 13.8 Å². The lowest BCUT2D eigenvalue weighted by Gasteiger charge is -2.21. The highest BCUT2D eigenvalue weighted by Crippen LogP contribution is 2.05. The summed E-state index contributed by atoms with van der Waals surface area (Å²) in [7, 11) is 0. The maximum atomic E-state index is 12.2. The van der Waals surface area contributed by atoms with Crippen LogP contribution in [-0.4, -0.2) is 57.6 Å². The maximum Gasteiger partial charge on any atom is 0.327 e. The third kappa shape index (κ3) is 9.07. The lowest BCUT2D eigenvalue weighted by molar-refractivity contribution is -0.142. The van der Waals surface area contributed by atoms with Gasteiger partial charge in [0.15, 0.2) is 0 Å². The SMILES string of the molecule is CCSC[C@H](NC(=O)[C@H](CCC(=O)O)NC(=O)C(C)C)C(=O)O. The van der Waals surface area contributed by atoms with Crippen LogP contribution in [0.25, 0.3) is 0 Å². The van der Waals surface area contributed by atoms with Crippen molar-refractivity contribution in [3.05, 3.63) is 0 Å². The predicted octanol–water partition coefficient (Wildman–Crippen LogP) is 0.315. The van der Waals surface area contributed by atoms with E-state index in [9.17, 15) is 19.2 Å². The van der Waals surface area contributed by atoms with Gasteiger partial charge < -0.3 is 20.8 Å². The van der Waals surface area contributed by atoms with Gasteiger partial charge in [0.25, 0.3) is 0 Å². The molecule has 132 valence electrons. The molecule has 23 heavy (non-hydrogen) atoms. The second-order valence-corrected chi connectivity index (χ2v) is 6.53. The Balaban J connectivity index is 4.89. The van der Waals surface area contributed by atoms with Gasteiger partial charge in [0, 0.05) is 18.1 Å². The van der Waals surface area contributed by atoms with E-state index in [-0.39, 0.29) is 24.5 Å². The van der Waals surface area contributed by atoms with Gasteiger partial charge in [0.05, 0.1) is 0 Å². The van der Waals surface area contributed by atoms with Crippen molar-refractivity contribution in [2.24, 2.45) is 5.92 Å². The highest BCUT2D eigenvalue weighted by atomic mass is 32.2. The van der Waals surface area contributed by atoms with Crippen molar-refractivity contribution < 1.29 is 29.4 Å². The van der Waals surface area contributed by atoms with Gasteiger partial charge in [-0.25, -0.2) is 4.79 Å². The number of hydrogen-bond acceptors (Lipinski definition) is 5. The van der Waals surface area contributed by atoms with Crippen LogP contribution >= 0.6 is 11.8 Å². The van der Waals surface area contributed by atoms with E-state index < -0.39 is 35.8 Å².